The van der Waals surface area contributed by atoms with Gasteiger partial charge in [0.2, 0.25) is 12.2 Å². The molecule has 0 heterocycles. The van der Waals surface area contributed by atoms with Crippen molar-refractivity contribution in [3.05, 3.63) is 69.8 Å². The molecule has 0 amide bonds. The molecule has 0 radical (unpaired) electrons. The van der Waals surface area contributed by atoms with Crippen LogP contribution in [-0.2, 0) is 19.1 Å². The highest BCUT2D eigenvalue weighted by Crippen LogP contribution is 2.17. The lowest BCUT2D eigenvalue weighted by molar-refractivity contribution is -0.166. The van der Waals surface area contributed by atoms with Crippen molar-refractivity contribution in [2.24, 2.45) is 0 Å². The van der Waals surface area contributed by atoms with Gasteiger partial charge in [0.15, 0.2) is 0 Å². The molecule has 0 aliphatic carbocycles. The third-order valence-electron chi connectivity index (χ3n) is 4.71. The van der Waals surface area contributed by atoms with E-state index in [-0.39, 0.29) is 11.1 Å². The molecule has 8 heteroatoms. The van der Waals surface area contributed by atoms with E-state index in [2.05, 4.69) is 0 Å². The molecule has 0 unspecified atom stereocenters. The Morgan fingerprint density at radius 1 is 0.633 bits per heavy atom. The zero-order valence-corrected chi connectivity index (χ0v) is 17.0. The first kappa shape index (κ1) is 22.6. The van der Waals surface area contributed by atoms with Gasteiger partial charge in [-0.3, -0.25) is 0 Å². The highest BCUT2D eigenvalue weighted by atomic mass is 16.6. The quantitative estimate of drug-likeness (QED) is 0.662. The first-order valence-electron chi connectivity index (χ1n) is 9.03. The second kappa shape index (κ2) is 9.21. The molecule has 0 aromatic heterocycles. The molecule has 2 rings (SSSR count). The molecule has 0 saturated heterocycles. The van der Waals surface area contributed by atoms with Crippen LogP contribution in [0.3, 0.4) is 0 Å². The minimum absolute atomic E-state index is 0.0500. The van der Waals surface area contributed by atoms with Crippen LogP contribution in [-0.4, -0.2) is 46.3 Å². The molecule has 2 atom stereocenters. The number of esters is 2. The number of carbonyl (C=O) groups excluding carboxylic acids is 2. The summed E-state index contributed by atoms with van der Waals surface area (Å²) in [7, 11) is 0. The van der Waals surface area contributed by atoms with Gasteiger partial charge in [-0.2, -0.15) is 0 Å². The maximum atomic E-state index is 12.4. The molecule has 0 fully saturated rings. The van der Waals surface area contributed by atoms with Gasteiger partial charge in [0, 0.05) is 0 Å². The van der Waals surface area contributed by atoms with Gasteiger partial charge in [0.1, 0.15) is 0 Å². The molecule has 0 bridgehead atoms. The zero-order valence-electron chi connectivity index (χ0n) is 17.0. The summed E-state index contributed by atoms with van der Waals surface area (Å²) in [4.78, 5) is 48.0. The molecule has 158 valence electrons. The minimum Gasteiger partial charge on any atom is -0.478 e. The van der Waals surface area contributed by atoms with E-state index in [0.717, 1.165) is 22.3 Å². The van der Waals surface area contributed by atoms with Gasteiger partial charge in [-0.15, -0.1) is 0 Å². The predicted octanol–water partition coefficient (Wildman–Crippen LogP) is 2.84. The molecule has 2 aromatic carbocycles. The lowest BCUT2D eigenvalue weighted by atomic mass is 10.1. The maximum absolute atomic E-state index is 12.4. The van der Waals surface area contributed by atoms with Crippen LogP contribution in [0.4, 0.5) is 0 Å². The Kier molecular flexibility index (Phi) is 6.94. The zero-order chi connectivity index (χ0) is 22.6. The van der Waals surface area contributed by atoms with Crippen LogP contribution >= 0.6 is 0 Å². The highest BCUT2D eigenvalue weighted by Gasteiger charge is 2.41. The summed E-state index contributed by atoms with van der Waals surface area (Å²) in [5.41, 5.74) is 3.46. The number of carboxylic acids is 2. The van der Waals surface area contributed by atoms with Crippen LogP contribution in [0.2, 0.25) is 0 Å². The van der Waals surface area contributed by atoms with E-state index < -0.39 is 36.1 Å². The van der Waals surface area contributed by atoms with Crippen molar-refractivity contribution in [2.45, 2.75) is 39.9 Å². The highest BCUT2D eigenvalue weighted by molar-refractivity contribution is 5.95. The number of carbonyl (C=O) groups is 4. The van der Waals surface area contributed by atoms with Crippen LogP contribution in [0.25, 0.3) is 0 Å². The van der Waals surface area contributed by atoms with Gasteiger partial charge in [-0.25, -0.2) is 19.2 Å². The average molecular weight is 414 g/mol. The lowest BCUT2D eigenvalue weighted by Crippen LogP contribution is -2.45. The Morgan fingerprint density at radius 3 is 1.23 bits per heavy atom. The van der Waals surface area contributed by atoms with Crippen molar-refractivity contribution in [3.63, 3.8) is 0 Å². The number of carboxylic acid groups (broad SMARTS) is 2. The SMILES string of the molecule is Cc1ccc(C(=O)O[C@@H](C(=O)O)[C@@H](OC(=O)c2ccc(C)c(C)c2)C(=O)O)cc1C. The molecule has 8 nitrogen and oxygen atoms in total. The Morgan fingerprint density at radius 2 is 0.967 bits per heavy atom. The number of benzene rings is 2. The molecular weight excluding hydrogens is 392 g/mol. The van der Waals surface area contributed by atoms with E-state index in [1.165, 1.54) is 24.3 Å². The fourth-order valence-corrected chi connectivity index (χ4v) is 2.59. The topological polar surface area (TPSA) is 127 Å². The number of hydrogen-bond acceptors (Lipinski definition) is 6. The number of ether oxygens (including phenoxy) is 2. The largest absolute Gasteiger partial charge is 0.478 e. The Labute approximate surface area is 173 Å². The van der Waals surface area contributed by atoms with Crippen molar-refractivity contribution in [1.29, 1.82) is 0 Å². The van der Waals surface area contributed by atoms with Crippen LogP contribution in [0.1, 0.15) is 43.0 Å². The summed E-state index contributed by atoms with van der Waals surface area (Å²) in [6.45, 7) is 7.17. The summed E-state index contributed by atoms with van der Waals surface area (Å²) in [5, 5.41) is 18.8. The third kappa shape index (κ3) is 5.22. The normalized spacial score (nSPS) is 12.5. The lowest BCUT2D eigenvalue weighted by Gasteiger charge is -2.21. The number of aliphatic carboxylic acids is 2. The third-order valence-corrected chi connectivity index (χ3v) is 4.71. The van der Waals surface area contributed by atoms with Gasteiger partial charge in [-0.05, 0) is 74.2 Å². The van der Waals surface area contributed by atoms with E-state index in [0.29, 0.717) is 0 Å². The van der Waals surface area contributed by atoms with Crippen LogP contribution in [0.5, 0.6) is 0 Å². The summed E-state index contributed by atoms with van der Waals surface area (Å²) < 4.78 is 9.80. The predicted molar refractivity (Wildman–Crippen MR) is 106 cm³/mol. The molecular formula is C22H22O8. The van der Waals surface area contributed by atoms with Gasteiger partial charge in [0.05, 0.1) is 11.1 Å². The fourth-order valence-electron chi connectivity index (χ4n) is 2.59. The van der Waals surface area contributed by atoms with Gasteiger partial charge in [-0.1, -0.05) is 12.1 Å². The van der Waals surface area contributed by atoms with Crippen molar-refractivity contribution < 1.29 is 38.9 Å². The molecule has 0 saturated carbocycles. The standard InChI is InChI=1S/C22H22O8/c1-11-5-7-15(9-13(11)3)21(27)29-17(19(23)24)18(20(25)26)30-22(28)16-8-6-12(2)14(4)10-16/h5-10,17-18H,1-4H3,(H,23,24)(H,25,26)/t17-,18-/m1/s1. The van der Waals surface area contributed by atoms with Gasteiger partial charge >= 0.3 is 23.9 Å². The first-order chi connectivity index (χ1) is 14.0. The Bertz CT molecular complexity index is 927. The van der Waals surface area contributed by atoms with E-state index in [9.17, 15) is 29.4 Å². The van der Waals surface area contributed by atoms with Gasteiger partial charge in [0.25, 0.3) is 0 Å². The second-order valence-electron chi connectivity index (χ2n) is 6.93. The van der Waals surface area contributed by atoms with E-state index in [4.69, 9.17) is 9.47 Å². The minimum atomic E-state index is -2.23. The second-order valence-corrected chi connectivity index (χ2v) is 6.93. The van der Waals surface area contributed by atoms with Crippen molar-refractivity contribution in [2.75, 3.05) is 0 Å². The molecule has 0 aliphatic rings. The molecule has 2 aromatic rings. The van der Waals surface area contributed by atoms with E-state index >= 15 is 0 Å². The van der Waals surface area contributed by atoms with Crippen LogP contribution < -0.4 is 0 Å². The summed E-state index contributed by atoms with van der Waals surface area (Å²) in [6.07, 6.45) is -4.46. The van der Waals surface area contributed by atoms with Crippen LogP contribution in [0.15, 0.2) is 36.4 Å². The smallest absolute Gasteiger partial charge is 0.349 e. The van der Waals surface area contributed by atoms with E-state index in [1.807, 2.05) is 13.8 Å². The van der Waals surface area contributed by atoms with Crippen molar-refractivity contribution >= 4 is 23.9 Å². The number of rotatable bonds is 7. The molecule has 30 heavy (non-hydrogen) atoms. The van der Waals surface area contributed by atoms with Crippen molar-refractivity contribution in [3.8, 4) is 0 Å². The van der Waals surface area contributed by atoms with Crippen LogP contribution in [0, 0.1) is 27.7 Å². The molecule has 0 aliphatic heterocycles. The number of hydrogen-bond donors (Lipinski definition) is 2. The van der Waals surface area contributed by atoms with Crippen molar-refractivity contribution in [1.82, 2.24) is 0 Å². The summed E-state index contributed by atoms with van der Waals surface area (Å²) >= 11 is 0. The Balaban J connectivity index is 2.26. The van der Waals surface area contributed by atoms with E-state index in [1.54, 1.807) is 26.0 Å². The molecule has 2 N–H and O–H groups in total. The Hall–Kier alpha value is -3.68. The maximum Gasteiger partial charge on any atom is 0.349 e. The number of aryl methyl sites for hydroxylation is 4. The fraction of sp³-hybridized carbons (Fsp3) is 0.273. The molecule has 0 spiro atoms. The monoisotopic (exact) mass is 414 g/mol. The average Bonchev–Trinajstić information content (AvgIpc) is 2.67. The first-order valence-corrected chi connectivity index (χ1v) is 9.03. The summed E-state index contributed by atoms with van der Waals surface area (Å²) in [5.74, 6) is -5.60. The summed E-state index contributed by atoms with van der Waals surface area (Å²) in [6, 6.07) is 9.15. The van der Waals surface area contributed by atoms with Gasteiger partial charge < -0.3 is 19.7 Å².